The molecule has 0 spiro atoms. The van der Waals surface area contributed by atoms with Crippen molar-refractivity contribution in [3.63, 3.8) is 0 Å². The number of halogens is 3. The zero-order chi connectivity index (χ0) is 23.2. The molecule has 1 aromatic carbocycles. The second kappa shape index (κ2) is 8.55. The summed E-state index contributed by atoms with van der Waals surface area (Å²) >= 11 is 1.34. The minimum atomic E-state index is -4.42. The van der Waals surface area contributed by atoms with Gasteiger partial charge in [-0.2, -0.15) is 13.2 Å². The molecule has 1 saturated heterocycles. The third-order valence-electron chi connectivity index (χ3n) is 6.10. The molecule has 0 radical (unpaired) electrons. The number of nitrogens with zero attached hydrogens (tertiary/aromatic N) is 3. The SMILES string of the molecule is CC(C)C(C(=O)N1CCCC1c1nc2cc(C(F)(F)F)ccc2s1)N(N)/C=C(\N)C1CC1. The van der Waals surface area contributed by atoms with Crippen molar-refractivity contribution in [1.29, 1.82) is 0 Å². The molecule has 1 aromatic heterocycles. The number of amides is 1. The largest absolute Gasteiger partial charge is 0.416 e. The molecule has 32 heavy (non-hydrogen) atoms. The molecule has 4 rings (SSSR count). The molecule has 4 N–H and O–H groups in total. The summed E-state index contributed by atoms with van der Waals surface area (Å²) in [6, 6.07) is 2.73. The Hall–Kier alpha value is -2.33. The molecule has 2 heterocycles. The fourth-order valence-corrected chi connectivity index (χ4v) is 5.35. The van der Waals surface area contributed by atoms with Crippen LogP contribution in [0.5, 0.6) is 0 Å². The summed E-state index contributed by atoms with van der Waals surface area (Å²) < 4.78 is 39.9. The average molecular weight is 468 g/mol. The molecule has 2 fully saturated rings. The maximum Gasteiger partial charge on any atom is 0.416 e. The van der Waals surface area contributed by atoms with Gasteiger partial charge < -0.3 is 15.6 Å². The Labute approximate surface area is 189 Å². The molecule has 2 aromatic rings. The molecule has 1 aliphatic heterocycles. The van der Waals surface area contributed by atoms with E-state index in [9.17, 15) is 18.0 Å². The highest BCUT2D eigenvalue weighted by molar-refractivity contribution is 7.18. The van der Waals surface area contributed by atoms with Gasteiger partial charge in [0.25, 0.3) is 0 Å². The second-order valence-corrected chi connectivity index (χ2v) is 10.0. The topological polar surface area (TPSA) is 88.5 Å². The first-order valence-corrected chi connectivity index (χ1v) is 11.7. The van der Waals surface area contributed by atoms with Gasteiger partial charge in [0.1, 0.15) is 11.0 Å². The first-order chi connectivity index (χ1) is 15.1. The van der Waals surface area contributed by atoms with E-state index in [1.807, 2.05) is 13.8 Å². The highest BCUT2D eigenvalue weighted by Gasteiger charge is 2.39. The zero-order valence-electron chi connectivity index (χ0n) is 18.1. The van der Waals surface area contributed by atoms with Gasteiger partial charge in [-0.25, -0.2) is 10.8 Å². The Morgan fingerprint density at radius 1 is 1.31 bits per heavy atom. The van der Waals surface area contributed by atoms with E-state index >= 15 is 0 Å². The summed E-state index contributed by atoms with van der Waals surface area (Å²) in [4.78, 5) is 19.8. The van der Waals surface area contributed by atoms with Crippen molar-refractivity contribution in [2.45, 2.75) is 57.8 Å². The lowest BCUT2D eigenvalue weighted by Gasteiger charge is -2.34. The van der Waals surface area contributed by atoms with Crippen molar-refractivity contribution in [2.75, 3.05) is 6.54 Å². The van der Waals surface area contributed by atoms with Gasteiger partial charge in [-0.05, 0) is 49.8 Å². The van der Waals surface area contributed by atoms with Crippen LogP contribution in [0.15, 0.2) is 30.1 Å². The van der Waals surface area contributed by atoms with Crippen LogP contribution in [0.1, 0.15) is 56.1 Å². The van der Waals surface area contributed by atoms with Gasteiger partial charge in [0.2, 0.25) is 5.91 Å². The van der Waals surface area contributed by atoms with E-state index < -0.39 is 17.8 Å². The number of fused-ring (bicyclic) bond motifs is 1. The van der Waals surface area contributed by atoms with E-state index in [0.717, 1.165) is 31.4 Å². The zero-order valence-corrected chi connectivity index (χ0v) is 18.9. The molecule has 2 unspecified atom stereocenters. The number of likely N-dealkylation sites (tertiary alicyclic amines) is 1. The lowest BCUT2D eigenvalue weighted by Crippen LogP contribution is -2.52. The summed E-state index contributed by atoms with van der Waals surface area (Å²) in [5, 5.41) is 2.08. The Kier molecular flexibility index (Phi) is 6.10. The number of aromatic nitrogens is 1. The molecular weight excluding hydrogens is 439 g/mol. The predicted octanol–water partition coefficient (Wildman–Crippen LogP) is 4.39. The second-order valence-electron chi connectivity index (χ2n) is 8.96. The van der Waals surface area contributed by atoms with Crippen LogP contribution in [-0.4, -0.2) is 33.4 Å². The van der Waals surface area contributed by atoms with Crippen LogP contribution in [0, 0.1) is 11.8 Å². The van der Waals surface area contributed by atoms with Crippen LogP contribution in [-0.2, 0) is 11.0 Å². The van der Waals surface area contributed by atoms with Crippen molar-refractivity contribution in [2.24, 2.45) is 23.4 Å². The number of thiazole rings is 1. The Bertz CT molecular complexity index is 1030. The number of hydrogen-bond donors (Lipinski definition) is 2. The van der Waals surface area contributed by atoms with E-state index in [2.05, 4.69) is 4.98 Å². The molecule has 2 atom stereocenters. The molecule has 10 heteroatoms. The maximum atomic E-state index is 13.5. The summed E-state index contributed by atoms with van der Waals surface area (Å²) in [7, 11) is 0. The van der Waals surface area contributed by atoms with Crippen LogP contribution in [0.4, 0.5) is 13.2 Å². The van der Waals surface area contributed by atoms with Crippen molar-refractivity contribution in [3.8, 4) is 0 Å². The number of rotatable bonds is 6. The Morgan fingerprint density at radius 3 is 2.66 bits per heavy atom. The van der Waals surface area contributed by atoms with E-state index in [1.165, 1.54) is 22.4 Å². The fraction of sp³-hybridized carbons (Fsp3) is 0.545. The lowest BCUT2D eigenvalue weighted by atomic mass is 10.0. The fourth-order valence-electron chi connectivity index (χ4n) is 4.25. The predicted molar refractivity (Wildman–Crippen MR) is 118 cm³/mol. The van der Waals surface area contributed by atoms with Crippen LogP contribution < -0.4 is 11.6 Å². The molecule has 2 aliphatic rings. The lowest BCUT2D eigenvalue weighted by molar-refractivity contribution is -0.139. The highest BCUT2D eigenvalue weighted by Crippen LogP contribution is 2.39. The van der Waals surface area contributed by atoms with E-state index in [-0.39, 0.29) is 17.9 Å². The minimum absolute atomic E-state index is 0.0540. The van der Waals surface area contributed by atoms with E-state index in [0.29, 0.717) is 39.8 Å². The minimum Gasteiger partial charge on any atom is -0.401 e. The molecule has 1 amide bonds. The normalized spacial score (nSPS) is 20.9. The number of hydrazine groups is 1. The first kappa shape index (κ1) is 22.8. The number of carbonyl (C=O) groups is 1. The standard InChI is InChI=1S/C22H28F3N5OS/c1-12(2)19(30(27)11-15(26)13-5-6-13)21(31)29-9-3-4-17(29)20-28-16-10-14(22(23,24)25)7-8-18(16)32-20/h7-8,10-13,17,19H,3-6,9,26-27H2,1-2H3/b15-11-. The van der Waals surface area contributed by atoms with Gasteiger partial charge in [0.05, 0.1) is 21.8 Å². The van der Waals surface area contributed by atoms with Gasteiger partial charge >= 0.3 is 6.18 Å². The van der Waals surface area contributed by atoms with Gasteiger partial charge in [-0.15, -0.1) is 11.3 Å². The van der Waals surface area contributed by atoms with Crippen LogP contribution in [0.25, 0.3) is 10.2 Å². The van der Waals surface area contributed by atoms with E-state index in [4.69, 9.17) is 11.6 Å². The first-order valence-electron chi connectivity index (χ1n) is 10.8. The monoisotopic (exact) mass is 467 g/mol. The summed E-state index contributed by atoms with van der Waals surface area (Å²) in [5.74, 6) is 6.44. The molecule has 1 aliphatic carbocycles. The molecule has 174 valence electrons. The Morgan fingerprint density at radius 2 is 2.03 bits per heavy atom. The number of hydrogen-bond acceptors (Lipinski definition) is 6. The van der Waals surface area contributed by atoms with E-state index in [1.54, 1.807) is 11.1 Å². The van der Waals surface area contributed by atoms with Crippen molar-refractivity contribution >= 4 is 27.5 Å². The van der Waals surface area contributed by atoms with Crippen LogP contribution in [0.2, 0.25) is 0 Å². The quantitative estimate of drug-likeness (QED) is 0.486. The van der Waals surface area contributed by atoms with Crippen LogP contribution >= 0.6 is 11.3 Å². The summed E-state index contributed by atoms with van der Waals surface area (Å²) in [5.41, 5.74) is 6.38. The van der Waals surface area contributed by atoms with Crippen LogP contribution in [0.3, 0.4) is 0 Å². The van der Waals surface area contributed by atoms with Gasteiger partial charge in [-0.3, -0.25) is 4.79 Å². The average Bonchev–Trinajstić information content (AvgIpc) is 3.29. The molecule has 6 nitrogen and oxygen atoms in total. The molecule has 1 saturated carbocycles. The maximum absolute atomic E-state index is 13.5. The van der Waals surface area contributed by atoms with Gasteiger partial charge in [0, 0.05) is 24.4 Å². The highest BCUT2D eigenvalue weighted by atomic mass is 32.1. The van der Waals surface area contributed by atoms with Crippen molar-refractivity contribution in [3.05, 3.63) is 40.7 Å². The smallest absolute Gasteiger partial charge is 0.401 e. The van der Waals surface area contributed by atoms with Crippen molar-refractivity contribution < 1.29 is 18.0 Å². The number of alkyl halides is 3. The van der Waals surface area contributed by atoms with Gasteiger partial charge in [0.15, 0.2) is 0 Å². The molecule has 0 bridgehead atoms. The third kappa shape index (κ3) is 4.56. The Balaban J connectivity index is 1.59. The third-order valence-corrected chi connectivity index (χ3v) is 7.24. The number of allylic oxidation sites excluding steroid dienone is 1. The number of nitrogens with two attached hydrogens (primary N) is 2. The number of benzene rings is 1. The molecular formula is C22H28F3N5OS. The summed E-state index contributed by atoms with van der Waals surface area (Å²) in [6.07, 6.45) is 0.846. The van der Waals surface area contributed by atoms with Gasteiger partial charge in [-0.1, -0.05) is 13.8 Å². The summed E-state index contributed by atoms with van der Waals surface area (Å²) in [6.45, 7) is 4.43. The number of carbonyl (C=O) groups excluding carboxylic acids is 1. The van der Waals surface area contributed by atoms with Crippen molar-refractivity contribution in [1.82, 2.24) is 14.9 Å².